The number of fused-ring (bicyclic) bond motifs is 1. The van der Waals surface area contributed by atoms with Gasteiger partial charge in [0, 0.05) is 24.9 Å². The number of aldehydes is 2. The predicted molar refractivity (Wildman–Crippen MR) is 82.0 cm³/mol. The second-order valence-corrected chi connectivity index (χ2v) is 5.95. The van der Waals surface area contributed by atoms with Gasteiger partial charge < -0.3 is 14.9 Å². The maximum Gasteiger partial charge on any atom is 0.261 e. The fourth-order valence-electron chi connectivity index (χ4n) is 3.52. The zero-order valence-electron chi connectivity index (χ0n) is 12.6. The first-order chi connectivity index (χ1) is 11.2. The van der Waals surface area contributed by atoms with Crippen molar-refractivity contribution in [2.45, 2.75) is 43.8 Å². The minimum absolute atomic E-state index is 0.0103. The molecule has 6 heteroatoms. The summed E-state index contributed by atoms with van der Waals surface area (Å²) in [4.78, 5) is 48.2. The van der Waals surface area contributed by atoms with E-state index in [-0.39, 0.29) is 36.4 Å². The number of hydrogen-bond donors (Lipinski definition) is 1. The maximum atomic E-state index is 12.6. The van der Waals surface area contributed by atoms with Gasteiger partial charge in [-0.05, 0) is 25.0 Å². The highest BCUT2D eigenvalue weighted by Crippen LogP contribution is 2.30. The molecule has 1 N–H and O–H groups in total. The highest BCUT2D eigenvalue weighted by atomic mass is 16.2. The zero-order valence-corrected chi connectivity index (χ0v) is 12.6. The molecule has 1 aromatic carbocycles. The molecule has 3 atom stereocenters. The Hall–Kier alpha value is -2.34. The van der Waals surface area contributed by atoms with E-state index in [0.717, 1.165) is 12.6 Å². The van der Waals surface area contributed by atoms with E-state index >= 15 is 0 Å². The van der Waals surface area contributed by atoms with E-state index in [1.54, 1.807) is 24.3 Å². The highest BCUT2D eigenvalue weighted by molar-refractivity contribution is 6.21. The van der Waals surface area contributed by atoms with E-state index in [2.05, 4.69) is 5.32 Å². The highest BCUT2D eigenvalue weighted by Gasteiger charge is 2.44. The third-order valence-corrected chi connectivity index (χ3v) is 4.61. The van der Waals surface area contributed by atoms with Crippen molar-refractivity contribution in [3.05, 3.63) is 35.4 Å². The molecule has 6 nitrogen and oxygen atoms in total. The van der Waals surface area contributed by atoms with Crippen molar-refractivity contribution < 1.29 is 19.2 Å². The van der Waals surface area contributed by atoms with Crippen molar-refractivity contribution in [1.82, 2.24) is 10.2 Å². The van der Waals surface area contributed by atoms with Crippen LogP contribution in [-0.4, -0.2) is 47.4 Å². The van der Waals surface area contributed by atoms with E-state index in [1.807, 2.05) is 0 Å². The summed E-state index contributed by atoms with van der Waals surface area (Å²) in [5, 5.41) is 3.24. The van der Waals surface area contributed by atoms with E-state index in [4.69, 9.17) is 0 Å². The van der Waals surface area contributed by atoms with Crippen LogP contribution in [0.1, 0.15) is 46.4 Å². The molecule has 1 saturated heterocycles. The predicted octanol–water partition coefficient (Wildman–Crippen LogP) is 0.950. The SMILES string of the molecule is O=CCC1CCC(N2C(=O)c3ccccc3C2=O)C(CC=O)N1. The van der Waals surface area contributed by atoms with Gasteiger partial charge in [0.15, 0.2) is 0 Å². The van der Waals surface area contributed by atoms with Crippen molar-refractivity contribution >= 4 is 24.4 Å². The number of piperidine rings is 1. The molecule has 0 radical (unpaired) electrons. The number of hydrogen-bond acceptors (Lipinski definition) is 5. The maximum absolute atomic E-state index is 12.6. The molecule has 1 fully saturated rings. The van der Waals surface area contributed by atoms with Gasteiger partial charge in [-0.3, -0.25) is 14.5 Å². The largest absolute Gasteiger partial charge is 0.308 e. The van der Waals surface area contributed by atoms with Crippen molar-refractivity contribution in [1.29, 1.82) is 0 Å². The molecular weight excluding hydrogens is 296 g/mol. The van der Waals surface area contributed by atoms with Crippen LogP contribution in [0, 0.1) is 0 Å². The molecule has 2 aliphatic rings. The molecule has 120 valence electrons. The third-order valence-electron chi connectivity index (χ3n) is 4.61. The Morgan fingerprint density at radius 3 is 2.17 bits per heavy atom. The molecule has 0 bridgehead atoms. The smallest absolute Gasteiger partial charge is 0.261 e. The lowest BCUT2D eigenvalue weighted by atomic mass is 9.89. The lowest BCUT2D eigenvalue weighted by Crippen LogP contribution is -2.58. The molecule has 1 aromatic rings. The summed E-state index contributed by atoms with van der Waals surface area (Å²) < 4.78 is 0. The Kier molecular flexibility index (Phi) is 4.34. The summed E-state index contributed by atoms with van der Waals surface area (Å²) in [7, 11) is 0. The van der Waals surface area contributed by atoms with Gasteiger partial charge in [0.1, 0.15) is 12.6 Å². The number of rotatable bonds is 5. The Bertz CT molecular complexity index is 623. The molecule has 3 rings (SSSR count). The second kappa shape index (κ2) is 6.42. The summed E-state index contributed by atoms with van der Waals surface area (Å²) in [5.74, 6) is -0.607. The van der Waals surface area contributed by atoms with E-state index in [0.29, 0.717) is 30.4 Å². The number of nitrogens with zero attached hydrogens (tertiary/aromatic N) is 1. The van der Waals surface area contributed by atoms with Crippen molar-refractivity contribution in [2.24, 2.45) is 0 Å². The van der Waals surface area contributed by atoms with E-state index in [9.17, 15) is 19.2 Å². The van der Waals surface area contributed by atoms with E-state index < -0.39 is 0 Å². The summed E-state index contributed by atoms with van der Waals surface area (Å²) in [6.07, 6.45) is 3.48. The van der Waals surface area contributed by atoms with Gasteiger partial charge >= 0.3 is 0 Å². The van der Waals surface area contributed by atoms with Crippen molar-refractivity contribution in [2.75, 3.05) is 0 Å². The van der Waals surface area contributed by atoms with Crippen LogP contribution in [-0.2, 0) is 9.59 Å². The minimum atomic E-state index is -0.365. The number of amides is 2. The standard InChI is InChI=1S/C17H18N2O4/c20-9-7-11-5-6-15(14(18-11)8-10-21)19-16(22)12-3-1-2-4-13(12)17(19)23/h1-4,9-11,14-15,18H,5-8H2. The molecule has 0 aliphatic carbocycles. The number of benzene rings is 1. The van der Waals surface area contributed by atoms with Crippen LogP contribution in [0.4, 0.5) is 0 Å². The number of imide groups is 1. The molecule has 2 aliphatic heterocycles. The first kappa shape index (κ1) is 15.6. The van der Waals surface area contributed by atoms with Gasteiger partial charge in [-0.1, -0.05) is 12.1 Å². The number of nitrogens with one attached hydrogen (secondary N) is 1. The van der Waals surface area contributed by atoms with Crippen LogP contribution in [0.15, 0.2) is 24.3 Å². The van der Waals surface area contributed by atoms with Crippen LogP contribution in [0.5, 0.6) is 0 Å². The van der Waals surface area contributed by atoms with Gasteiger partial charge in [-0.2, -0.15) is 0 Å². The lowest BCUT2D eigenvalue weighted by molar-refractivity contribution is -0.108. The zero-order chi connectivity index (χ0) is 16.4. The first-order valence-corrected chi connectivity index (χ1v) is 7.77. The van der Waals surface area contributed by atoms with Crippen LogP contribution in [0.25, 0.3) is 0 Å². The van der Waals surface area contributed by atoms with Gasteiger partial charge in [-0.15, -0.1) is 0 Å². The lowest BCUT2D eigenvalue weighted by Gasteiger charge is -2.40. The van der Waals surface area contributed by atoms with Crippen molar-refractivity contribution in [3.8, 4) is 0 Å². The van der Waals surface area contributed by atoms with Crippen LogP contribution >= 0.6 is 0 Å². The Morgan fingerprint density at radius 2 is 1.61 bits per heavy atom. The summed E-state index contributed by atoms with van der Waals surface area (Å²) in [6.45, 7) is 0. The fourth-order valence-corrected chi connectivity index (χ4v) is 3.52. The molecule has 2 amide bonds. The quantitative estimate of drug-likeness (QED) is 0.646. The summed E-state index contributed by atoms with van der Waals surface area (Å²) in [6, 6.07) is 6.07. The fraction of sp³-hybridized carbons (Fsp3) is 0.412. The monoisotopic (exact) mass is 314 g/mol. The Balaban J connectivity index is 1.86. The van der Waals surface area contributed by atoms with E-state index in [1.165, 1.54) is 4.90 Å². The molecule has 0 aromatic heterocycles. The molecule has 3 unspecified atom stereocenters. The Morgan fingerprint density at radius 1 is 1.00 bits per heavy atom. The number of carbonyl (C=O) groups excluding carboxylic acids is 4. The summed E-state index contributed by atoms with van der Waals surface area (Å²) >= 11 is 0. The van der Waals surface area contributed by atoms with Crippen LogP contribution < -0.4 is 5.32 Å². The second-order valence-electron chi connectivity index (χ2n) is 5.95. The van der Waals surface area contributed by atoms with Gasteiger partial charge in [0.25, 0.3) is 11.8 Å². The minimum Gasteiger partial charge on any atom is -0.308 e. The molecule has 23 heavy (non-hydrogen) atoms. The average Bonchev–Trinajstić information content (AvgIpc) is 2.81. The number of carbonyl (C=O) groups is 4. The molecule has 2 heterocycles. The van der Waals surface area contributed by atoms with Crippen LogP contribution in [0.3, 0.4) is 0 Å². The molecular formula is C17H18N2O4. The van der Waals surface area contributed by atoms with Crippen molar-refractivity contribution in [3.63, 3.8) is 0 Å². The molecule has 0 spiro atoms. The summed E-state index contributed by atoms with van der Waals surface area (Å²) in [5.41, 5.74) is 0.828. The van der Waals surface area contributed by atoms with Crippen LogP contribution in [0.2, 0.25) is 0 Å². The Labute approximate surface area is 133 Å². The normalized spacial score (nSPS) is 27.0. The third kappa shape index (κ3) is 2.70. The topological polar surface area (TPSA) is 83.6 Å². The van der Waals surface area contributed by atoms with Gasteiger partial charge in [0.2, 0.25) is 0 Å². The van der Waals surface area contributed by atoms with Gasteiger partial charge in [-0.25, -0.2) is 0 Å². The molecule has 0 saturated carbocycles. The average molecular weight is 314 g/mol. The van der Waals surface area contributed by atoms with Gasteiger partial charge in [0.05, 0.1) is 17.2 Å². The first-order valence-electron chi connectivity index (χ1n) is 7.77.